The molecular formula is C23H19N3O. The van der Waals surface area contributed by atoms with Crippen LogP contribution in [0.1, 0.15) is 21.5 Å². The third-order valence-electron chi connectivity index (χ3n) is 4.57. The van der Waals surface area contributed by atoms with Crippen LogP contribution in [-0.4, -0.2) is 15.9 Å². The molecule has 0 aliphatic heterocycles. The maximum atomic E-state index is 12.8. The van der Waals surface area contributed by atoms with Crippen LogP contribution in [0.2, 0.25) is 0 Å². The molecule has 1 amide bonds. The summed E-state index contributed by atoms with van der Waals surface area (Å²) in [6.45, 7) is 4.14. The minimum absolute atomic E-state index is 0.161. The molecule has 0 aliphatic carbocycles. The van der Waals surface area contributed by atoms with E-state index < -0.39 is 0 Å². The van der Waals surface area contributed by atoms with Crippen molar-refractivity contribution in [3.63, 3.8) is 0 Å². The van der Waals surface area contributed by atoms with Crippen molar-refractivity contribution < 1.29 is 4.79 Å². The van der Waals surface area contributed by atoms with Crippen LogP contribution in [0, 0.1) is 13.8 Å². The number of rotatable bonds is 3. The van der Waals surface area contributed by atoms with Crippen LogP contribution < -0.4 is 5.32 Å². The number of para-hydroxylation sites is 1. The molecule has 0 fully saturated rings. The summed E-state index contributed by atoms with van der Waals surface area (Å²) in [4.78, 5) is 21.6. The minimum Gasteiger partial charge on any atom is -0.322 e. The second kappa shape index (κ2) is 7.00. The number of benzene rings is 2. The van der Waals surface area contributed by atoms with Gasteiger partial charge in [-0.3, -0.25) is 14.8 Å². The lowest BCUT2D eigenvalue weighted by Crippen LogP contribution is -2.12. The number of nitrogens with one attached hydrogen (secondary N) is 1. The van der Waals surface area contributed by atoms with E-state index in [1.807, 2.05) is 30.3 Å². The van der Waals surface area contributed by atoms with Gasteiger partial charge in [-0.25, -0.2) is 0 Å². The van der Waals surface area contributed by atoms with Crippen molar-refractivity contribution in [3.8, 4) is 11.3 Å². The molecule has 0 saturated carbocycles. The van der Waals surface area contributed by atoms with Crippen LogP contribution in [0.5, 0.6) is 0 Å². The van der Waals surface area contributed by atoms with Crippen LogP contribution in [-0.2, 0) is 0 Å². The summed E-state index contributed by atoms with van der Waals surface area (Å²) in [5.74, 6) is -0.161. The summed E-state index contributed by atoms with van der Waals surface area (Å²) in [5, 5.41) is 3.82. The van der Waals surface area contributed by atoms with Gasteiger partial charge >= 0.3 is 0 Å². The van der Waals surface area contributed by atoms with E-state index in [1.54, 1.807) is 24.5 Å². The fraction of sp³-hybridized carbons (Fsp3) is 0.0870. The number of anilines is 1. The fourth-order valence-electron chi connectivity index (χ4n) is 3.25. The molecule has 1 N–H and O–H groups in total. The molecule has 2 aromatic heterocycles. The maximum absolute atomic E-state index is 12.8. The van der Waals surface area contributed by atoms with Gasteiger partial charge in [0.15, 0.2) is 0 Å². The summed E-state index contributed by atoms with van der Waals surface area (Å²) in [6, 6.07) is 19.3. The highest BCUT2D eigenvalue weighted by molar-refractivity contribution is 6.12. The molecule has 27 heavy (non-hydrogen) atoms. The predicted octanol–water partition coefficient (Wildman–Crippen LogP) is 5.17. The summed E-state index contributed by atoms with van der Waals surface area (Å²) in [7, 11) is 0. The SMILES string of the molecule is Cc1ccc(-c2cc(NC(=O)c3ccnc4ccccc34)ccn2)c(C)c1. The van der Waals surface area contributed by atoms with Gasteiger partial charge < -0.3 is 5.32 Å². The maximum Gasteiger partial charge on any atom is 0.256 e. The molecule has 132 valence electrons. The molecule has 4 aromatic rings. The first-order chi connectivity index (χ1) is 13.1. The molecule has 0 bridgehead atoms. The van der Waals surface area contributed by atoms with E-state index in [-0.39, 0.29) is 5.91 Å². The molecule has 4 rings (SSSR count). The normalized spacial score (nSPS) is 10.7. The zero-order chi connectivity index (χ0) is 18.8. The molecule has 2 aromatic carbocycles. The van der Waals surface area contributed by atoms with Gasteiger partial charge in [0, 0.05) is 29.0 Å². The number of carbonyl (C=O) groups excluding carboxylic acids is 1. The largest absolute Gasteiger partial charge is 0.322 e. The first kappa shape index (κ1) is 16.9. The molecule has 0 aliphatic rings. The number of hydrogen-bond acceptors (Lipinski definition) is 3. The minimum atomic E-state index is -0.161. The van der Waals surface area contributed by atoms with Crippen molar-refractivity contribution in [2.45, 2.75) is 13.8 Å². The van der Waals surface area contributed by atoms with E-state index in [0.717, 1.165) is 27.7 Å². The summed E-state index contributed by atoms with van der Waals surface area (Å²) < 4.78 is 0. The van der Waals surface area contributed by atoms with Crippen molar-refractivity contribution >= 4 is 22.5 Å². The third-order valence-corrected chi connectivity index (χ3v) is 4.57. The second-order valence-corrected chi connectivity index (χ2v) is 6.58. The summed E-state index contributed by atoms with van der Waals surface area (Å²) in [5.41, 5.74) is 6.39. The Hall–Kier alpha value is -3.53. The van der Waals surface area contributed by atoms with Crippen LogP contribution >= 0.6 is 0 Å². The van der Waals surface area contributed by atoms with Crippen molar-refractivity contribution in [3.05, 3.63) is 89.7 Å². The fourth-order valence-corrected chi connectivity index (χ4v) is 3.25. The smallest absolute Gasteiger partial charge is 0.256 e. The highest BCUT2D eigenvalue weighted by atomic mass is 16.1. The summed E-state index contributed by atoms with van der Waals surface area (Å²) in [6.07, 6.45) is 3.37. The Balaban J connectivity index is 1.66. The lowest BCUT2D eigenvalue weighted by molar-refractivity contribution is 0.102. The van der Waals surface area contributed by atoms with Gasteiger partial charge in [0.25, 0.3) is 5.91 Å². The Morgan fingerprint density at radius 2 is 1.70 bits per heavy atom. The van der Waals surface area contributed by atoms with Crippen molar-refractivity contribution in [1.82, 2.24) is 9.97 Å². The molecule has 0 radical (unpaired) electrons. The van der Waals surface area contributed by atoms with Crippen LogP contribution in [0.15, 0.2) is 73.1 Å². The van der Waals surface area contributed by atoms with Crippen molar-refractivity contribution in [2.75, 3.05) is 5.32 Å². The Morgan fingerprint density at radius 1 is 0.889 bits per heavy atom. The number of aromatic nitrogens is 2. The first-order valence-corrected chi connectivity index (χ1v) is 8.80. The Morgan fingerprint density at radius 3 is 2.56 bits per heavy atom. The lowest BCUT2D eigenvalue weighted by atomic mass is 10.0. The topological polar surface area (TPSA) is 54.9 Å². The molecule has 0 spiro atoms. The zero-order valence-corrected chi connectivity index (χ0v) is 15.2. The molecule has 4 nitrogen and oxygen atoms in total. The van der Waals surface area contributed by atoms with Crippen LogP contribution in [0.25, 0.3) is 22.2 Å². The molecule has 0 saturated heterocycles. The monoisotopic (exact) mass is 353 g/mol. The van der Waals surface area contributed by atoms with E-state index in [9.17, 15) is 4.79 Å². The van der Waals surface area contributed by atoms with E-state index in [0.29, 0.717) is 11.3 Å². The van der Waals surface area contributed by atoms with E-state index >= 15 is 0 Å². The summed E-state index contributed by atoms with van der Waals surface area (Å²) >= 11 is 0. The van der Waals surface area contributed by atoms with E-state index in [1.165, 1.54) is 5.56 Å². The quantitative estimate of drug-likeness (QED) is 0.553. The van der Waals surface area contributed by atoms with Gasteiger partial charge in [-0.05, 0) is 43.7 Å². The van der Waals surface area contributed by atoms with Gasteiger partial charge in [0.1, 0.15) is 0 Å². The number of amides is 1. The standard InChI is InChI=1S/C23H19N3O/c1-15-7-8-18(16(2)13-15)22-14-17(9-11-25-22)26-23(27)20-10-12-24-21-6-4-3-5-19(20)21/h3-14H,1-2H3,(H,25,26,27). The number of nitrogens with zero attached hydrogens (tertiary/aromatic N) is 2. The molecule has 4 heteroatoms. The lowest BCUT2D eigenvalue weighted by Gasteiger charge is -2.10. The van der Waals surface area contributed by atoms with Crippen molar-refractivity contribution in [1.29, 1.82) is 0 Å². The zero-order valence-electron chi connectivity index (χ0n) is 15.2. The first-order valence-electron chi connectivity index (χ1n) is 8.80. The Labute approximate surface area is 157 Å². The number of pyridine rings is 2. The number of aryl methyl sites for hydroxylation is 2. The van der Waals surface area contributed by atoms with Crippen LogP contribution in [0.4, 0.5) is 5.69 Å². The average molecular weight is 353 g/mol. The van der Waals surface area contributed by atoms with E-state index in [4.69, 9.17) is 0 Å². The Kier molecular flexibility index (Phi) is 4.38. The highest BCUT2D eigenvalue weighted by Crippen LogP contribution is 2.25. The third kappa shape index (κ3) is 3.42. The molecule has 2 heterocycles. The predicted molar refractivity (Wildman–Crippen MR) is 109 cm³/mol. The van der Waals surface area contributed by atoms with Crippen LogP contribution in [0.3, 0.4) is 0 Å². The second-order valence-electron chi connectivity index (χ2n) is 6.58. The van der Waals surface area contributed by atoms with Gasteiger partial charge in [0.2, 0.25) is 0 Å². The average Bonchev–Trinajstić information content (AvgIpc) is 2.67. The molecule has 0 atom stereocenters. The molecule has 0 unspecified atom stereocenters. The molecular weight excluding hydrogens is 334 g/mol. The highest BCUT2D eigenvalue weighted by Gasteiger charge is 2.12. The van der Waals surface area contributed by atoms with Gasteiger partial charge in [-0.1, -0.05) is 42.0 Å². The van der Waals surface area contributed by atoms with E-state index in [2.05, 4.69) is 47.3 Å². The van der Waals surface area contributed by atoms with Crippen molar-refractivity contribution in [2.24, 2.45) is 0 Å². The van der Waals surface area contributed by atoms with Gasteiger partial charge in [-0.2, -0.15) is 0 Å². The van der Waals surface area contributed by atoms with Gasteiger partial charge in [0.05, 0.1) is 16.8 Å². The van der Waals surface area contributed by atoms with Gasteiger partial charge in [-0.15, -0.1) is 0 Å². The number of fused-ring (bicyclic) bond motifs is 1. The number of carbonyl (C=O) groups is 1. The Bertz CT molecular complexity index is 1150. The number of hydrogen-bond donors (Lipinski definition) is 1.